The summed E-state index contributed by atoms with van der Waals surface area (Å²) in [5, 5.41) is 6.32. The second-order valence-corrected chi connectivity index (χ2v) is 6.27. The minimum Gasteiger partial charge on any atom is -0.317 e. The lowest BCUT2D eigenvalue weighted by Crippen LogP contribution is -2.42. The minimum atomic E-state index is 0.0594. The Morgan fingerprint density at radius 2 is 2.10 bits per heavy atom. The molecule has 1 aliphatic heterocycles. The van der Waals surface area contributed by atoms with Crippen LogP contribution in [0.2, 0.25) is 0 Å². The normalized spacial score (nSPS) is 16.4. The molecule has 0 saturated carbocycles. The number of hydrogen-bond acceptors (Lipinski definition) is 5. The summed E-state index contributed by atoms with van der Waals surface area (Å²) in [5.74, 6) is 0.0594. The highest BCUT2D eigenvalue weighted by Gasteiger charge is 2.21. The van der Waals surface area contributed by atoms with Gasteiger partial charge in [-0.15, -0.1) is 11.3 Å². The number of piperidine rings is 1. The highest BCUT2D eigenvalue weighted by Crippen LogP contribution is 2.23. The maximum atomic E-state index is 11.6. The molecule has 0 radical (unpaired) electrons. The van der Waals surface area contributed by atoms with Gasteiger partial charge in [0.1, 0.15) is 0 Å². The molecule has 1 aliphatic rings. The number of thiazole rings is 1. The molecule has 0 spiro atoms. The van der Waals surface area contributed by atoms with Crippen LogP contribution in [0, 0.1) is 0 Å². The van der Waals surface area contributed by atoms with E-state index >= 15 is 0 Å². The summed E-state index contributed by atoms with van der Waals surface area (Å²) in [6.07, 6.45) is 2.42. The minimum absolute atomic E-state index is 0.0594. The Kier molecular flexibility index (Phi) is 6.14. The third-order valence-electron chi connectivity index (χ3n) is 4.06. The predicted molar refractivity (Wildman–Crippen MR) is 87.8 cm³/mol. The zero-order valence-corrected chi connectivity index (χ0v) is 14.1. The molecule has 1 aromatic heterocycles. The lowest BCUT2D eigenvalue weighted by molar-refractivity contribution is -0.116. The van der Waals surface area contributed by atoms with Crippen LogP contribution in [0.3, 0.4) is 0 Å². The number of rotatable bonds is 6. The Labute approximate surface area is 131 Å². The van der Waals surface area contributed by atoms with Gasteiger partial charge in [-0.1, -0.05) is 6.92 Å². The van der Waals surface area contributed by atoms with E-state index in [2.05, 4.69) is 27.5 Å². The van der Waals surface area contributed by atoms with E-state index in [9.17, 15) is 4.79 Å². The van der Waals surface area contributed by atoms with Crippen molar-refractivity contribution in [3.63, 3.8) is 0 Å². The zero-order chi connectivity index (χ0) is 15.2. The van der Waals surface area contributed by atoms with Crippen molar-refractivity contribution in [1.29, 1.82) is 0 Å². The molecule has 5 nitrogen and oxygen atoms in total. The third-order valence-corrected chi connectivity index (χ3v) is 4.98. The maximum Gasteiger partial charge on any atom is 0.225 e. The first-order chi connectivity index (χ1) is 10.2. The SMILES string of the molecule is CCN(C(C)=O)c1nc(CN(CC)C2CCNCC2)cs1. The molecule has 0 unspecified atom stereocenters. The average Bonchev–Trinajstić information content (AvgIpc) is 2.94. The number of carbonyl (C=O) groups excluding carboxylic acids is 1. The van der Waals surface area contributed by atoms with Gasteiger partial charge < -0.3 is 5.32 Å². The fraction of sp³-hybridized carbons (Fsp3) is 0.733. The van der Waals surface area contributed by atoms with E-state index in [-0.39, 0.29) is 5.91 Å². The smallest absolute Gasteiger partial charge is 0.225 e. The summed E-state index contributed by atoms with van der Waals surface area (Å²) in [7, 11) is 0. The molecular formula is C15H26N4OS. The molecule has 1 amide bonds. The Morgan fingerprint density at radius 1 is 1.38 bits per heavy atom. The van der Waals surface area contributed by atoms with Gasteiger partial charge in [0, 0.05) is 31.4 Å². The van der Waals surface area contributed by atoms with E-state index in [1.807, 2.05) is 6.92 Å². The molecule has 118 valence electrons. The van der Waals surface area contributed by atoms with Crippen LogP contribution >= 0.6 is 11.3 Å². The summed E-state index contributed by atoms with van der Waals surface area (Å²) in [5.41, 5.74) is 1.08. The van der Waals surface area contributed by atoms with E-state index in [1.54, 1.807) is 23.2 Å². The second-order valence-electron chi connectivity index (χ2n) is 5.43. The predicted octanol–water partition coefficient (Wildman–Crippen LogP) is 2.09. The quantitative estimate of drug-likeness (QED) is 0.874. The summed E-state index contributed by atoms with van der Waals surface area (Å²) < 4.78 is 0. The van der Waals surface area contributed by atoms with Gasteiger partial charge in [-0.2, -0.15) is 0 Å². The number of nitrogens with zero attached hydrogens (tertiary/aromatic N) is 3. The summed E-state index contributed by atoms with van der Waals surface area (Å²) in [6.45, 7) is 10.6. The molecular weight excluding hydrogens is 284 g/mol. The lowest BCUT2D eigenvalue weighted by atomic mass is 10.0. The van der Waals surface area contributed by atoms with Crippen LogP contribution < -0.4 is 10.2 Å². The molecule has 1 N–H and O–H groups in total. The van der Waals surface area contributed by atoms with Gasteiger partial charge in [0.25, 0.3) is 0 Å². The fourth-order valence-corrected chi connectivity index (χ4v) is 3.79. The van der Waals surface area contributed by atoms with Crippen LogP contribution in [0.25, 0.3) is 0 Å². The van der Waals surface area contributed by atoms with E-state index in [4.69, 9.17) is 0 Å². The molecule has 21 heavy (non-hydrogen) atoms. The van der Waals surface area contributed by atoms with Crippen molar-refractivity contribution in [2.45, 2.75) is 46.2 Å². The van der Waals surface area contributed by atoms with Crippen LogP contribution in [0.5, 0.6) is 0 Å². The zero-order valence-electron chi connectivity index (χ0n) is 13.3. The van der Waals surface area contributed by atoms with Crippen molar-refractivity contribution in [2.75, 3.05) is 31.1 Å². The molecule has 1 fully saturated rings. The van der Waals surface area contributed by atoms with Gasteiger partial charge >= 0.3 is 0 Å². The lowest BCUT2D eigenvalue weighted by Gasteiger charge is -2.33. The van der Waals surface area contributed by atoms with Crippen molar-refractivity contribution in [2.24, 2.45) is 0 Å². The number of aromatic nitrogens is 1. The Hall–Kier alpha value is -0.980. The molecule has 1 aromatic rings. The first kappa shape index (κ1) is 16.4. The van der Waals surface area contributed by atoms with Gasteiger partial charge in [-0.3, -0.25) is 14.6 Å². The van der Waals surface area contributed by atoms with E-state index < -0.39 is 0 Å². The van der Waals surface area contributed by atoms with E-state index in [1.165, 1.54) is 12.8 Å². The fourth-order valence-electron chi connectivity index (χ4n) is 2.86. The number of carbonyl (C=O) groups is 1. The van der Waals surface area contributed by atoms with Crippen LogP contribution in [-0.2, 0) is 11.3 Å². The van der Waals surface area contributed by atoms with Crippen molar-refractivity contribution in [3.05, 3.63) is 11.1 Å². The average molecular weight is 310 g/mol. The Balaban J connectivity index is 2.01. The molecule has 2 rings (SSSR count). The highest BCUT2D eigenvalue weighted by atomic mass is 32.1. The van der Waals surface area contributed by atoms with Crippen molar-refractivity contribution in [1.82, 2.24) is 15.2 Å². The summed E-state index contributed by atoms with van der Waals surface area (Å²) in [6, 6.07) is 0.650. The first-order valence-electron chi connectivity index (χ1n) is 7.83. The monoisotopic (exact) mass is 310 g/mol. The summed E-state index contributed by atoms with van der Waals surface area (Å²) in [4.78, 5) is 20.5. The largest absolute Gasteiger partial charge is 0.317 e. The maximum absolute atomic E-state index is 11.6. The van der Waals surface area contributed by atoms with Crippen molar-refractivity contribution >= 4 is 22.4 Å². The molecule has 0 atom stereocenters. The first-order valence-corrected chi connectivity index (χ1v) is 8.70. The molecule has 1 saturated heterocycles. The van der Waals surface area contributed by atoms with Gasteiger partial charge in [-0.25, -0.2) is 4.98 Å². The van der Waals surface area contributed by atoms with Gasteiger partial charge in [0.05, 0.1) is 5.69 Å². The topological polar surface area (TPSA) is 48.5 Å². The van der Waals surface area contributed by atoms with Crippen LogP contribution in [0.4, 0.5) is 5.13 Å². The number of amides is 1. The Morgan fingerprint density at radius 3 is 2.67 bits per heavy atom. The Bertz CT molecular complexity index is 456. The second kappa shape index (κ2) is 7.87. The third kappa shape index (κ3) is 4.25. The van der Waals surface area contributed by atoms with E-state index in [0.717, 1.165) is 37.0 Å². The van der Waals surface area contributed by atoms with Gasteiger partial charge in [-0.05, 0) is 39.4 Å². The van der Waals surface area contributed by atoms with Crippen molar-refractivity contribution in [3.8, 4) is 0 Å². The highest BCUT2D eigenvalue weighted by molar-refractivity contribution is 7.14. The number of hydrogen-bond donors (Lipinski definition) is 1. The van der Waals surface area contributed by atoms with Gasteiger partial charge in [0.2, 0.25) is 5.91 Å². The summed E-state index contributed by atoms with van der Waals surface area (Å²) >= 11 is 1.56. The van der Waals surface area contributed by atoms with Gasteiger partial charge in [0.15, 0.2) is 5.13 Å². The molecule has 0 bridgehead atoms. The number of anilines is 1. The molecule has 6 heteroatoms. The molecule has 0 aliphatic carbocycles. The number of nitrogens with one attached hydrogen (secondary N) is 1. The standard InChI is InChI=1S/C15H26N4OS/c1-4-18(14-6-8-16-9-7-14)10-13-11-21-15(17-13)19(5-2)12(3)20/h11,14,16H,4-10H2,1-3H3. The van der Waals surface area contributed by atoms with E-state index in [0.29, 0.717) is 12.6 Å². The molecule has 2 heterocycles. The van der Waals surface area contributed by atoms with Crippen LogP contribution in [0.1, 0.15) is 39.3 Å². The van der Waals surface area contributed by atoms with Crippen LogP contribution in [0.15, 0.2) is 5.38 Å². The molecule has 0 aromatic carbocycles. The van der Waals surface area contributed by atoms with Crippen LogP contribution in [-0.4, -0.2) is 48.0 Å². The van der Waals surface area contributed by atoms with Crippen molar-refractivity contribution < 1.29 is 4.79 Å².